The average molecular weight is 268 g/mol. The van der Waals surface area contributed by atoms with Crippen molar-refractivity contribution in [2.75, 3.05) is 39.3 Å². The number of alkyl halides is 3. The summed E-state index contributed by atoms with van der Waals surface area (Å²) in [5.74, 6) is 0. The van der Waals surface area contributed by atoms with Crippen molar-refractivity contribution in [1.29, 1.82) is 0 Å². The molecule has 0 aliphatic carbocycles. The first-order valence-corrected chi connectivity index (χ1v) is 6.40. The molecule has 0 aromatic carbocycles. The maximum Gasteiger partial charge on any atom is 0.401 e. The van der Waals surface area contributed by atoms with E-state index in [0.29, 0.717) is 19.6 Å². The van der Waals surface area contributed by atoms with Crippen LogP contribution in [0.1, 0.15) is 26.7 Å². The molecular formula is C12H23F3N2O. The highest BCUT2D eigenvalue weighted by Crippen LogP contribution is 2.24. The monoisotopic (exact) mass is 268 g/mol. The Labute approximate surface area is 107 Å². The van der Waals surface area contributed by atoms with Gasteiger partial charge >= 0.3 is 6.18 Å². The van der Waals surface area contributed by atoms with Crippen LogP contribution in [0.2, 0.25) is 0 Å². The molecule has 1 N–H and O–H groups in total. The van der Waals surface area contributed by atoms with Gasteiger partial charge in [0, 0.05) is 31.8 Å². The van der Waals surface area contributed by atoms with Crippen LogP contribution in [0, 0.1) is 0 Å². The molecule has 0 spiro atoms. The van der Waals surface area contributed by atoms with Gasteiger partial charge in [0.1, 0.15) is 0 Å². The Morgan fingerprint density at radius 3 is 2.33 bits per heavy atom. The fourth-order valence-electron chi connectivity index (χ4n) is 2.51. The first-order valence-electron chi connectivity index (χ1n) is 6.40. The zero-order valence-corrected chi connectivity index (χ0v) is 11.1. The summed E-state index contributed by atoms with van der Waals surface area (Å²) < 4.78 is 37.1. The van der Waals surface area contributed by atoms with Crippen molar-refractivity contribution in [3.05, 3.63) is 0 Å². The Morgan fingerprint density at radius 2 is 1.83 bits per heavy atom. The van der Waals surface area contributed by atoms with Gasteiger partial charge in [-0.05, 0) is 33.2 Å². The number of hydrogen-bond acceptors (Lipinski definition) is 3. The van der Waals surface area contributed by atoms with E-state index in [4.69, 9.17) is 5.11 Å². The molecule has 3 nitrogen and oxygen atoms in total. The smallest absolute Gasteiger partial charge is 0.396 e. The van der Waals surface area contributed by atoms with E-state index in [1.165, 1.54) is 4.90 Å². The Hall–Kier alpha value is -0.330. The van der Waals surface area contributed by atoms with E-state index < -0.39 is 12.7 Å². The van der Waals surface area contributed by atoms with Gasteiger partial charge in [-0.15, -0.1) is 0 Å². The van der Waals surface area contributed by atoms with E-state index in [0.717, 1.165) is 19.4 Å². The Bertz CT molecular complexity index is 256. The lowest BCUT2D eigenvalue weighted by Gasteiger charge is -2.47. The third kappa shape index (κ3) is 5.12. The van der Waals surface area contributed by atoms with Crippen molar-refractivity contribution >= 4 is 0 Å². The first kappa shape index (κ1) is 15.7. The quantitative estimate of drug-likeness (QED) is 0.769. The number of halogens is 3. The molecule has 6 heteroatoms. The summed E-state index contributed by atoms with van der Waals surface area (Å²) in [6.07, 6.45) is -2.48. The topological polar surface area (TPSA) is 26.7 Å². The molecule has 1 aliphatic rings. The van der Waals surface area contributed by atoms with E-state index in [2.05, 4.69) is 4.90 Å². The van der Waals surface area contributed by atoms with Gasteiger partial charge in [-0.3, -0.25) is 9.80 Å². The Kier molecular flexibility index (Phi) is 5.43. The van der Waals surface area contributed by atoms with E-state index in [-0.39, 0.29) is 12.1 Å². The molecule has 0 atom stereocenters. The SMILES string of the molecule is CC1(C)CN(CC(F)(F)F)CCN1CCCCO. The fourth-order valence-corrected chi connectivity index (χ4v) is 2.51. The zero-order valence-electron chi connectivity index (χ0n) is 11.1. The molecule has 0 amide bonds. The van der Waals surface area contributed by atoms with Crippen molar-refractivity contribution in [3.63, 3.8) is 0 Å². The predicted molar refractivity (Wildman–Crippen MR) is 64.5 cm³/mol. The van der Waals surface area contributed by atoms with Gasteiger partial charge in [0.25, 0.3) is 0 Å². The lowest BCUT2D eigenvalue weighted by molar-refractivity contribution is -0.155. The number of rotatable bonds is 5. The van der Waals surface area contributed by atoms with Crippen LogP contribution in [0.25, 0.3) is 0 Å². The molecule has 108 valence electrons. The van der Waals surface area contributed by atoms with Gasteiger partial charge in [-0.1, -0.05) is 0 Å². The summed E-state index contributed by atoms with van der Waals surface area (Å²) in [6, 6.07) is 0. The average Bonchev–Trinajstić information content (AvgIpc) is 2.18. The highest BCUT2D eigenvalue weighted by Gasteiger charge is 2.38. The summed E-state index contributed by atoms with van der Waals surface area (Å²) in [4.78, 5) is 3.69. The van der Waals surface area contributed by atoms with Gasteiger partial charge in [-0.2, -0.15) is 13.2 Å². The molecule has 0 saturated carbocycles. The van der Waals surface area contributed by atoms with Crippen LogP contribution < -0.4 is 0 Å². The second kappa shape index (κ2) is 6.21. The van der Waals surface area contributed by atoms with Crippen LogP contribution in [0.5, 0.6) is 0 Å². The lowest BCUT2D eigenvalue weighted by Crippen LogP contribution is -2.60. The number of hydrogen-bond donors (Lipinski definition) is 1. The van der Waals surface area contributed by atoms with E-state index in [1.54, 1.807) is 0 Å². The van der Waals surface area contributed by atoms with Gasteiger partial charge < -0.3 is 5.11 Å². The largest absolute Gasteiger partial charge is 0.401 e. The molecule has 1 rings (SSSR count). The molecule has 1 aliphatic heterocycles. The molecule has 1 heterocycles. The summed E-state index contributed by atoms with van der Waals surface area (Å²) in [5.41, 5.74) is -0.237. The number of unbranched alkanes of at least 4 members (excludes halogenated alkanes) is 1. The minimum atomic E-state index is -4.12. The van der Waals surface area contributed by atoms with Crippen LogP contribution >= 0.6 is 0 Å². The minimum absolute atomic E-state index is 0.175. The van der Waals surface area contributed by atoms with Gasteiger partial charge in [0.15, 0.2) is 0 Å². The molecule has 0 aromatic heterocycles. The maximum absolute atomic E-state index is 12.4. The normalized spacial score (nSPS) is 22.3. The zero-order chi connectivity index (χ0) is 13.8. The fraction of sp³-hybridized carbons (Fsp3) is 1.00. The number of piperazine rings is 1. The van der Waals surface area contributed by atoms with E-state index in [9.17, 15) is 13.2 Å². The van der Waals surface area contributed by atoms with Crippen LogP contribution in [0.15, 0.2) is 0 Å². The summed E-state index contributed by atoms with van der Waals surface area (Å²) in [6.45, 7) is 5.72. The molecule has 0 unspecified atom stereocenters. The molecule has 18 heavy (non-hydrogen) atoms. The van der Waals surface area contributed by atoms with Gasteiger partial charge in [0.2, 0.25) is 0 Å². The van der Waals surface area contributed by atoms with Crippen LogP contribution in [-0.4, -0.2) is 66.0 Å². The predicted octanol–water partition coefficient (Wildman–Crippen LogP) is 1.72. The molecular weight excluding hydrogens is 245 g/mol. The summed E-state index contributed by atoms with van der Waals surface area (Å²) >= 11 is 0. The molecule has 0 aromatic rings. The first-order chi connectivity index (χ1) is 8.24. The van der Waals surface area contributed by atoms with Crippen molar-refractivity contribution in [2.45, 2.75) is 38.4 Å². The summed E-state index contributed by atoms with van der Waals surface area (Å²) in [5, 5.41) is 8.74. The van der Waals surface area contributed by atoms with Gasteiger partial charge in [-0.25, -0.2) is 0 Å². The second-order valence-corrected chi connectivity index (χ2v) is 5.56. The number of aliphatic hydroxyl groups is 1. The van der Waals surface area contributed by atoms with Crippen molar-refractivity contribution in [3.8, 4) is 0 Å². The van der Waals surface area contributed by atoms with E-state index in [1.807, 2.05) is 13.8 Å². The lowest BCUT2D eigenvalue weighted by atomic mass is 9.98. The molecule has 1 fully saturated rings. The second-order valence-electron chi connectivity index (χ2n) is 5.56. The standard InChI is InChI=1S/C12H23F3N2O/c1-11(2)9-16(10-12(13,14)15)6-7-17(11)5-3-4-8-18/h18H,3-10H2,1-2H3. The Morgan fingerprint density at radius 1 is 1.17 bits per heavy atom. The molecule has 0 radical (unpaired) electrons. The Balaban J connectivity index is 2.45. The molecule has 0 bridgehead atoms. The minimum Gasteiger partial charge on any atom is -0.396 e. The molecule has 1 saturated heterocycles. The van der Waals surface area contributed by atoms with Crippen molar-refractivity contribution < 1.29 is 18.3 Å². The third-order valence-electron chi connectivity index (χ3n) is 3.39. The third-order valence-corrected chi connectivity index (χ3v) is 3.39. The van der Waals surface area contributed by atoms with Gasteiger partial charge in [0.05, 0.1) is 6.54 Å². The van der Waals surface area contributed by atoms with Crippen molar-refractivity contribution in [2.24, 2.45) is 0 Å². The van der Waals surface area contributed by atoms with E-state index >= 15 is 0 Å². The van der Waals surface area contributed by atoms with Crippen LogP contribution in [-0.2, 0) is 0 Å². The maximum atomic E-state index is 12.4. The van der Waals surface area contributed by atoms with Crippen molar-refractivity contribution in [1.82, 2.24) is 9.80 Å². The summed E-state index contributed by atoms with van der Waals surface area (Å²) in [7, 11) is 0. The van der Waals surface area contributed by atoms with Crippen LogP contribution in [0.4, 0.5) is 13.2 Å². The highest BCUT2D eigenvalue weighted by atomic mass is 19.4. The highest BCUT2D eigenvalue weighted by molar-refractivity contribution is 4.90. The number of aliphatic hydroxyl groups excluding tert-OH is 1. The van der Waals surface area contributed by atoms with Crippen LogP contribution in [0.3, 0.4) is 0 Å². The number of nitrogens with zero attached hydrogens (tertiary/aromatic N) is 2.